The molecule has 5 N–H and O–H groups in total. The van der Waals surface area contributed by atoms with Gasteiger partial charge in [-0.1, -0.05) is 65.5 Å². The highest BCUT2D eigenvalue weighted by atomic mass is 16.6. The maximum atomic E-state index is 13.4. The Labute approximate surface area is 301 Å². The Bertz CT molecular complexity index is 1500. The number of alkyl carbamates (subject to hydrolysis) is 1. The standard InChI is InChI=1S/C39H60N4O8/c1-22(2)7-6-8-23(3)27-11-12-28-26-10-9-24-19-25(13-16-38(24,4)29(26)14-17-39(27,28)5)50-37(49)41-20-32(45)43(31-15-18-40-36(48)42-31)35-34(47)33(46)30(21-44)51-35/h9,15,18,22-23,25-30,33-35,44,46-47H,6-8,10-14,16-17,19-21H2,1-5H3,(H,41,49)(H,40,42,48)/t23-,25?,26?,27-,28?,29?,30-,33-,34+,35-,38+,39-/m1/s1. The molecule has 1 aromatic heterocycles. The van der Waals surface area contributed by atoms with E-state index in [-0.39, 0.29) is 17.3 Å². The van der Waals surface area contributed by atoms with Crippen LogP contribution in [0.3, 0.4) is 0 Å². The van der Waals surface area contributed by atoms with E-state index in [1.165, 1.54) is 62.8 Å². The number of aliphatic hydroxyl groups excluding tert-OH is 3. The van der Waals surface area contributed by atoms with Crippen molar-refractivity contribution in [3.05, 3.63) is 34.4 Å². The molecule has 2 heterocycles. The van der Waals surface area contributed by atoms with Gasteiger partial charge in [0.2, 0.25) is 5.91 Å². The molecule has 4 unspecified atom stereocenters. The van der Waals surface area contributed by atoms with Crippen LogP contribution in [0.25, 0.3) is 0 Å². The summed E-state index contributed by atoms with van der Waals surface area (Å²) in [5.74, 6) is 3.74. The molecule has 12 atom stereocenters. The monoisotopic (exact) mass is 712 g/mol. The number of anilines is 1. The average molecular weight is 713 g/mol. The number of carbonyl (C=O) groups is 2. The third-order valence-electron chi connectivity index (χ3n) is 13.9. The number of amides is 2. The van der Waals surface area contributed by atoms with Gasteiger partial charge >= 0.3 is 11.8 Å². The first-order valence-electron chi connectivity index (χ1n) is 19.4. The lowest BCUT2D eigenvalue weighted by atomic mass is 9.47. The van der Waals surface area contributed by atoms with Crippen molar-refractivity contribution in [2.45, 2.75) is 136 Å². The lowest BCUT2D eigenvalue weighted by Crippen LogP contribution is -2.52. The van der Waals surface area contributed by atoms with E-state index in [2.05, 4.69) is 56.0 Å². The average Bonchev–Trinajstić information content (AvgIpc) is 3.59. The summed E-state index contributed by atoms with van der Waals surface area (Å²) in [6, 6.07) is 1.33. The first kappa shape index (κ1) is 37.9. The predicted molar refractivity (Wildman–Crippen MR) is 191 cm³/mol. The fraction of sp³-hybridized carbons (Fsp3) is 0.795. The van der Waals surface area contributed by atoms with E-state index >= 15 is 0 Å². The number of aromatic amines is 1. The highest BCUT2D eigenvalue weighted by Gasteiger charge is 2.59. The Hall–Kier alpha value is -2.80. The summed E-state index contributed by atoms with van der Waals surface area (Å²) in [5.41, 5.74) is 1.20. The van der Waals surface area contributed by atoms with Gasteiger partial charge in [-0.15, -0.1) is 0 Å². The van der Waals surface area contributed by atoms with E-state index in [1.807, 2.05) is 0 Å². The first-order chi connectivity index (χ1) is 24.3. The van der Waals surface area contributed by atoms with Crippen molar-refractivity contribution in [2.24, 2.45) is 46.3 Å². The van der Waals surface area contributed by atoms with Crippen molar-refractivity contribution in [3.8, 4) is 0 Å². The van der Waals surface area contributed by atoms with Gasteiger partial charge in [0.1, 0.15) is 36.8 Å². The molecule has 3 saturated carbocycles. The summed E-state index contributed by atoms with van der Waals surface area (Å²) in [6.45, 7) is 11.1. The summed E-state index contributed by atoms with van der Waals surface area (Å²) in [7, 11) is 0. The first-order valence-corrected chi connectivity index (χ1v) is 19.4. The Kier molecular flexibility index (Phi) is 11.4. The molecule has 284 valence electrons. The highest BCUT2D eigenvalue weighted by Crippen LogP contribution is 2.67. The molecule has 0 bridgehead atoms. The molecular weight excluding hydrogens is 652 g/mol. The third kappa shape index (κ3) is 7.39. The molecule has 0 radical (unpaired) electrons. The van der Waals surface area contributed by atoms with E-state index in [0.29, 0.717) is 23.7 Å². The summed E-state index contributed by atoms with van der Waals surface area (Å²) < 4.78 is 11.4. The van der Waals surface area contributed by atoms with Gasteiger partial charge in [0.15, 0.2) is 6.23 Å². The van der Waals surface area contributed by atoms with Crippen molar-refractivity contribution in [2.75, 3.05) is 18.1 Å². The second-order valence-electron chi connectivity index (χ2n) is 17.2. The number of ether oxygens (including phenoxy) is 2. The fourth-order valence-electron chi connectivity index (χ4n) is 11.2. The normalized spacial score (nSPS) is 37.9. The van der Waals surface area contributed by atoms with Crippen LogP contribution < -0.4 is 15.9 Å². The fourth-order valence-corrected chi connectivity index (χ4v) is 11.2. The lowest BCUT2D eigenvalue weighted by molar-refractivity contribution is -0.122. The zero-order chi connectivity index (χ0) is 36.7. The van der Waals surface area contributed by atoms with Crippen LogP contribution in [0.4, 0.5) is 10.6 Å². The second kappa shape index (κ2) is 15.3. The number of allylic oxidation sites excluding steroid dienone is 1. The molecule has 2 amide bonds. The molecule has 1 aliphatic heterocycles. The molecule has 51 heavy (non-hydrogen) atoms. The smallest absolute Gasteiger partial charge is 0.407 e. The van der Waals surface area contributed by atoms with Crippen LogP contribution in [0.1, 0.15) is 105 Å². The number of aromatic nitrogens is 2. The molecule has 5 aliphatic rings. The largest absolute Gasteiger partial charge is 0.446 e. The van der Waals surface area contributed by atoms with Gasteiger partial charge in [0, 0.05) is 12.6 Å². The van der Waals surface area contributed by atoms with Crippen LogP contribution in [0.15, 0.2) is 28.7 Å². The van der Waals surface area contributed by atoms with Crippen molar-refractivity contribution >= 4 is 17.8 Å². The number of fused-ring (bicyclic) bond motifs is 5. The number of nitrogens with zero attached hydrogens (tertiary/aromatic N) is 2. The molecule has 1 saturated heterocycles. The zero-order valence-electron chi connectivity index (χ0n) is 31.1. The second-order valence-corrected chi connectivity index (χ2v) is 17.2. The van der Waals surface area contributed by atoms with Crippen LogP contribution in [-0.2, 0) is 14.3 Å². The maximum Gasteiger partial charge on any atom is 0.407 e. The molecule has 12 heteroatoms. The SMILES string of the molecule is CC(C)CCC[C@@H](C)[C@H]1CCC2C3CC=C4CC(OC(=O)NCC(=O)N(c5ccnc(=O)[nH]5)[C@@H]5O[C@H](CO)[C@@H](O)[C@@H]5O)CC[C@]4(C)C3CC[C@@]21C. The van der Waals surface area contributed by atoms with E-state index in [0.717, 1.165) is 47.8 Å². The minimum Gasteiger partial charge on any atom is -0.446 e. The van der Waals surface area contributed by atoms with Crippen LogP contribution in [0.2, 0.25) is 0 Å². The van der Waals surface area contributed by atoms with Crippen LogP contribution >= 0.6 is 0 Å². The van der Waals surface area contributed by atoms with Gasteiger partial charge in [0.25, 0.3) is 0 Å². The molecule has 0 aromatic carbocycles. The number of aliphatic hydroxyl groups is 3. The number of hydrogen-bond donors (Lipinski definition) is 5. The van der Waals surface area contributed by atoms with Gasteiger partial charge in [-0.25, -0.2) is 14.6 Å². The van der Waals surface area contributed by atoms with Crippen LogP contribution in [-0.4, -0.2) is 81.1 Å². The van der Waals surface area contributed by atoms with Gasteiger partial charge in [0.05, 0.1) is 6.61 Å². The topological polar surface area (TPSA) is 174 Å². The third-order valence-corrected chi connectivity index (χ3v) is 13.9. The quantitative estimate of drug-likeness (QED) is 0.204. The maximum absolute atomic E-state index is 13.4. The molecule has 4 aliphatic carbocycles. The molecular formula is C39H60N4O8. The van der Waals surface area contributed by atoms with Crippen molar-refractivity contribution < 1.29 is 34.4 Å². The summed E-state index contributed by atoms with van der Waals surface area (Å²) in [4.78, 5) is 45.4. The van der Waals surface area contributed by atoms with Crippen molar-refractivity contribution in [1.29, 1.82) is 0 Å². The Morgan fingerprint density at radius 1 is 1.10 bits per heavy atom. The van der Waals surface area contributed by atoms with E-state index in [9.17, 15) is 29.7 Å². The number of hydrogen-bond acceptors (Lipinski definition) is 9. The van der Waals surface area contributed by atoms with Crippen molar-refractivity contribution in [1.82, 2.24) is 15.3 Å². The molecule has 12 nitrogen and oxygen atoms in total. The minimum absolute atomic E-state index is 0.0496. The number of rotatable bonds is 11. The summed E-state index contributed by atoms with van der Waals surface area (Å²) in [5, 5.41) is 33.0. The number of nitrogens with one attached hydrogen (secondary N) is 2. The predicted octanol–water partition coefficient (Wildman–Crippen LogP) is 4.68. The number of carbonyl (C=O) groups excluding carboxylic acids is 2. The number of H-pyrrole nitrogens is 1. The van der Waals surface area contributed by atoms with E-state index in [1.54, 1.807) is 0 Å². The van der Waals surface area contributed by atoms with Gasteiger partial charge in [-0.05, 0) is 97.3 Å². The van der Waals surface area contributed by atoms with E-state index in [4.69, 9.17) is 9.47 Å². The minimum atomic E-state index is -1.58. The van der Waals surface area contributed by atoms with Gasteiger partial charge < -0.3 is 30.1 Å². The molecule has 1 aromatic rings. The molecule has 6 rings (SSSR count). The molecule has 0 spiro atoms. The Balaban J connectivity index is 1.06. The summed E-state index contributed by atoms with van der Waals surface area (Å²) in [6.07, 6.45) is 9.81. The highest BCUT2D eigenvalue weighted by molar-refractivity contribution is 5.95. The molecule has 4 fully saturated rings. The Morgan fingerprint density at radius 2 is 1.88 bits per heavy atom. The van der Waals surface area contributed by atoms with Gasteiger partial charge in [-0.2, -0.15) is 0 Å². The zero-order valence-corrected chi connectivity index (χ0v) is 31.1. The summed E-state index contributed by atoms with van der Waals surface area (Å²) >= 11 is 0. The van der Waals surface area contributed by atoms with E-state index < -0.39 is 55.4 Å². The lowest BCUT2D eigenvalue weighted by Gasteiger charge is -2.58. The Morgan fingerprint density at radius 3 is 2.59 bits per heavy atom. The van der Waals surface area contributed by atoms with Crippen LogP contribution in [0, 0.1) is 46.3 Å². The van der Waals surface area contributed by atoms with Gasteiger partial charge in [-0.3, -0.25) is 14.7 Å². The van der Waals surface area contributed by atoms with Crippen LogP contribution in [0.5, 0.6) is 0 Å². The van der Waals surface area contributed by atoms with Crippen molar-refractivity contribution in [3.63, 3.8) is 0 Å².